The Hall–Kier alpha value is -7.76. The lowest BCUT2D eigenvalue weighted by atomic mass is 9.33. The summed E-state index contributed by atoms with van der Waals surface area (Å²) in [6, 6.07) is 70.6. The maximum absolute atomic E-state index is 2.75. The van der Waals surface area contributed by atoms with Gasteiger partial charge in [-0.2, -0.15) is 0 Å². The Morgan fingerprint density at radius 1 is 0.542 bits per heavy atom. The third-order valence-corrected chi connectivity index (χ3v) is 16.2. The Bertz CT molecular complexity index is 3590. The molecular formula is C67H61BN4. The van der Waals surface area contributed by atoms with E-state index in [0.29, 0.717) is 0 Å². The third kappa shape index (κ3) is 6.66. The topological polar surface area (TPSA) is 14.7 Å². The highest BCUT2D eigenvalue weighted by Crippen LogP contribution is 2.58. The largest absolute Gasteiger partial charge is 0.335 e. The Morgan fingerprint density at radius 2 is 1.10 bits per heavy atom. The quantitative estimate of drug-likeness (QED) is 0.148. The maximum Gasteiger partial charge on any atom is 0.252 e. The Kier molecular flexibility index (Phi) is 9.90. The molecule has 8 aromatic carbocycles. The van der Waals surface area contributed by atoms with E-state index in [0.717, 1.165) is 34.9 Å². The molecule has 0 fully saturated rings. The second-order valence-electron chi connectivity index (χ2n) is 23.0. The van der Waals surface area contributed by atoms with Gasteiger partial charge in [0.15, 0.2) is 0 Å². The molecule has 3 heterocycles. The van der Waals surface area contributed by atoms with E-state index in [-0.39, 0.29) is 29.0 Å². The van der Waals surface area contributed by atoms with Crippen molar-refractivity contribution in [1.29, 1.82) is 0 Å². The van der Waals surface area contributed by atoms with Crippen LogP contribution in [-0.4, -0.2) is 17.3 Å². The number of nitrogens with zero attached hydrogens (tertiary/aromatic N) is 4. The van der Waals surface area contributed by atoms with E-state index >= 15 is 0 Å². The van der Waals surface area contributed by atoms with E-state index in [1.807, 2.05) is 0 Å². The predicted octanol–water partition coefficient (Wildman–Crippen LogP) is 15.8. The molecule has 0 spiro atoms. The van der Waals surface area contributed by atoms with Gasteiger partial charge in [-0.05, 0) is 123 Å². The van der Waals surface area contributed by atoms with Crippen LogP contribution >= 0.6 is 0 Å². The molecule has 1 aromatic heterocycles. The van der Waals surface area contributed by atoms with Crippen molar-refractivity contribution >= 4 is 79.5 Å². The van der Waals surface area contributed by atoms with Crippen LogP contribution in [-0.2, 0) is 10.8 Å². The van der Waals surface area contributed by atoms with Crippen molar-refractivity contribution in [3.05, 3.63) is 229 Å². The molecule has 0 amide bonds. The minimum atomic E-state index is -0.309. The normalized spacial score (nSPS) is 15.9. The van der Waals surface area contributed by atoms with Gasteiger partial charge in [-0.25, -0.2) is 0 Å². The number of hydrogen-bond donors (Lipinski definition) is 0. The summed E-state index contributed by atoms with van der Waals surface area (Å²) in [5, 5.41) is 1.31. The molecule has 2 aliphatic heterocycles. The van der Waals surface area contributed by atoms with Crippen molar-refractivity contribution in [2.45, 2.75) is 78.7 Å². The van der Waals surface area contributed by atoms with E-state index in [4.69, 9.17) is 0 Å². The molecule has 1 atom stereocenters. The lowest BCUT2D eigenvalue weighted by molar-refractivity contribution is 0.471. The molecule has 1 unspecified atom stereocenters. The van der Waals surface area contributed by atoms with E-state index in [9.17, 15) is 0 Å². The van der Waals surface area contributed by atoms with E-state index in [1.54, 1.807) is 0 Å². The van der Waals surface area contributed by atoms with E-state index in [1.165, 1.54) is 83.6 Å². The standard InChI is InChI=1S/C67H61BN4/c1-65(2,3)44-24-23-33-50(40-44)71-57-41-45(66(4,5)6)36-37-54(57)68-55-38-39-56(70(48-29-17-11-18-30-48)49-31-19-12-20-32-49)60-61-63(52-34-21-22-35-53(52)67(61,7)8)72(64(55)60)59-43-51(42-58(71)62(59)68)69(46-25-13-9-14-26-46)47-27-15-10-16-28-47/h9-39,41-43,50H,40H2,1-8H3. The molecule has 72 heavy (non-hydrogen) atoms. The molecule has 0 N–H and O–H groups in total. The van der Waals surface area contributed by atoms with Crippen LogP contribution in [0.4, 0.5) is 45.5 Å². The number of anilines is 8. The van der Waals surface area contributed by atoms with Crippen LogP contribution in [0.2, 0.25) is 0 Å². The number of benzene rings is 8. The molecule has 13 rings (SSSR count). The summed E-state index contributed by atoms with van der Waals surface area (Å²) in [6.07, 6.45) is 8.09. The first-order chi connectivity index (χ1) is 34.8. The number of para-hydroxylation sites is 4. The minimum Gasteiger partial charge on any atom is -0.335 e. The SMILES string of the molecule is CC(C)(C)C1=CC=CC(N2c3cc(C(C)(C)C)ccc3B3c4c2cc(N(c2ccccc2)c2ccccc2)cc4-n2c4c(c5c(N(c6ccccc6)c6ccccc6)ccc3c52)C(C)(C)c2ccccc2-4)C1. The van der Waals surface area contributed by atoms with Gasteiger partial charge in [0.25, 0.3) is 6.71 Å². The molecule has 0 radical (unpaired) electrons. The lowest BCUT2D eigenvalue weighted by Crippen LogP contribution is -2.62. The van der Waals surface area contributed by atoms with Gasteiger partial charge in [0.1, 0.15) is 0 Å². The van der Waals surface area contributed by atoms with Gasteiger partial charge in [0.05, 0.1) is 28.6 Å². The van der Waals surface area contributed by atoms with E-state index < -0.39 is 0 Å². The van der Waals surface area contributed by atoms with E-state index in [2.05, 4.69) is 281 Å². The van der Waals surface area contributed by atoms with Crippen LogP contribution in [0.15, 0.2) is 212 Å². The number of aromatic nitrogens is 1. The number of rotatable bonds is 7. The van der Waals surface area contributed by atoms with Crippen molar-refractivity contribution < 1.29 is 0 Å². The van der Waals surface area contributed by atoms with Crippen LogP contribution in [0.5, 0.6) is 0 Å². The van der Waals surface area contributed by atoms with Crippen molar-refractivity contribution in [2.24, 2.45) is 5.41 Å². The lowest BCUT2D eigenvalue weighted by Gasteiger charge is -2.46. The fourth-order valence-corrected chi connectivity index (χ4v) is 12.7. The summed E-state index contributed by atoms with van der Waals surface area (Å²) < 4.78 is 2.72. The Labute approximate surface area is 426 Å². The van der Waals surface area contributed by atoms with Crippen LogP contribution in [0.1, 0.15) is 78.5 Å². The first-order valence-electron chi connectivity index (χ1n) is 25.9. The van der Waals surface area contributed by atoms with Crippen molar-refractivity contribution in [2.75, 3.05) is 14.7 Å². The van der Waals surface area contributed by atoms with Crippen LogP contribution < -0.4 is 31.1 Å². The second-order valence-corrected chi connectivity index (χ2v) is 23.0. The zero-order chi connectivity index (χ0) is 49.3. The molecule has 0 saturated carbocycles. The minimum absolute atomic E-state index is 0.0254. The summed E-state index contributed by atoms with van der Waals surface area (Å²) in [5.41, 5.74) is 23.8. The first kappa shape index (κ1) is 44.2. The average molecular weight is 933 g/mol. The second kappa shape index (κ2) is 16.1. The zero-order valence-electron chi connectivity index (χ0n) is 42.8. The van der Waals surface area contributed by atoms with Gasteiger partial charge in [-0.1, -0.05) is 194 Å². The van der Waals surface area contributed by atoms with Crippen LogP contribution in [0, 0.1) is 5.41 Å². The Balaban J connectivity index is 1.21. The average Bonchev–Trinajstić information content (AvgIpc) is 3.87. The van der Waals surface area contributed by atoms with Gasteiger partial charge < -0.3 is 19.3 Å². The number of fused-ring (bicyclic) bond motifs is 9. The molecular weight excluding hydrogens is 872 g/mol. The van der Waals surface area contributed by atoms with Crippen molar-refractivity contribution in [3.8, 4) is 16.9 Å². The van der Waals surface area contributed by atoms with Gasteiger partial charge in [-0.15, -0.1) is 0 Å². The monoisotopic (exact) mass is 932 g/mol. The molecule has 4 aliphatic rings. The van der Waals surface area contributed by atoms with Crippen molar-refractivity contribution in [1.82, 2.24) is 4.57 Å². The van der Waals surface area contributed by atoms with Gasteiger partial charge in [-0.3, -0.25) is 0 Å². The molecule has 352 valence electrons. The Morgan fingerprint density at radius 3 is 1.69 bits per heavy atom. The fourth-order valence-electron chi connectivity index (χ4n) is 12.7. The van der Waals surface area contributed by atoms with Gasteiger partial charge >= 0.3 is 0 Å². The predicted molar refractivity (Wildman–Crippen MR) is 307 cm³/mol. The third-order valence-electron chi connectivity index (χ3n) is 16.2. The van der Waals surface area contributed by atoms with Gasteiger partial charge in [0, 0.05) is 56.2 Å². The molecule has 9 aromatic rings. The molecule has 5 heteroatoms. The number of hydrogen-bond acceptors (Lipinski definition) is 3. The van der Waals surface area contributed by atoms with Crippen LogP contribution in [0.3, 0.4) is 0 Å². The fraction of sp³-hybridized carbons (Fsp3) is 0.194. The summed E-state index contributed by atoms with van der Waals surface area (Å²) in [4.78, 5) is 7.71. The zero-order valence-corrected chi connectivity index (χ0v) is 42.8. The van der Waals surface area contributed by atoms with Crippen molar-refractivity contribution in [3.63, 3.8) is 0 Å². The highest BCUT2D eigenvalue weighted by Gasteiger charge is 2.49. The highest BCUT2D eigenvalue weighted by atomic mass is 15.2. The highest BCUT2D eigenvalue weighted by molar-refractivity contribution is 7.00. The molecule has 0 bridgehead atoms. The summed E-state index contributed by atoms with van der Waals surface area (Å²) >= 11 is 0. The molecule has 2 aliphatic carbocycles. The first-order valence-corrected chi connectivity index (χ1v) is 25.9. The molecule has 4 nitrogen and oxygen atoms in total. The maximum atomic E-state index is 2.75. The summed E-state index contributed by atoms with van der Waals surface area (Å²) in [6.45, 7) is 19.0. The summed E-state index contributed by atoms with van der Waals surface area (Å²) in [7, 11) is 0. The summed E-state index contributed by atoms with van der Waals surface area (Å²) in [5.74, 6) is 0. The van der Waals surface area contributed by atoms with Gasteiger partial charge in [0.2, 0.25) is 0 Å². The van der Waals surface area contributed by atoms with Crippen LogP contribution in [0.25, 0.3) is 27.8 Å². The number of allylic oxidation sites excluding steroid dienone is 2. The molecule has 0 saturated heterocycles. The smallest absolute Gasteiger partial charge is 0.252 e.